The normalized spacial score (nSPS) is 12.9. The molecule has 12 heteroatoms. The lowest BCUT2D eigenvalue weighted by Gasteiger charge is -2.25. The molecule has 0 saturated heterocycles. The van der Waals surface area contributed by atoms with E-state index >= 15 is 0 Å². The Morgan fingerprint density at radius 2 is 0.915 bits per heavy atom. The summed E-state index contributed by atoms with van der Waals surface area (Å²) in [6, 6.07) is 31.7. The molecule has 4 N–H and O–H groups in total. The maximum absolute atomic E-state index is 12.0. The van der Waals surface area contributed by atoms with E-state index in [1.807, 2.05) is 128 Å². The third-order valence-corrected chi connectivity index (χ3v) is 10.9. The zero-order chi connectivity index (χ0) is 41.2. The summed E-state index contributed by atoms with van der Waals surface area (Å²) >= 11 is 0. The van der Waals surface area contributed by atoms with Gasteiger partial charge in [0.1, 0.15) is 18.9 Å². The van der Waals surface area contributed by atoms with Gasteiger partial charge in [-0.05, 0) is 39.8 Å². The number of aryl methyl sites for hydroxylation is 2. The first-order valence-electron chi connectivity index (χ1n) is 19.4. The fraction of sp³-hybridized carbons (Fsp3) is 0.170. The Hall–Kier alpha value is -7.47. The lowest BCUT2D eigenvalue weighted by atomic mass is 9.98. The number of benzene rings is 6. The van der Waals surface area contributed by atoms with Gasteiger partial charge < -0.3 is 30.2 Å². The third-order valence-electron chi connectivity index (χ3n) is 10.9. The summed E-state index contributed by atoms with van der Waals surface area (Å²) in [5.74, 6) is -2.61. The van der Waals surface area contributed by atoms with Crippen molar-refractivity contribution in [2.75, 3.05) is 22.9 Å². The van der Waals surface area contributed by atoms with Gasteiger partial charge in [0.25, 0.3) is 5.82 Å². The number of carboxylic acid groups (broad SMARTS) is 4. The number of aromatic nitrogens is 2. The Bertz CT molecular complexity index is 2760. The predicted octanol–water partition coefficient (Wildman–Crippen LogP) is 8.18. The lowest BCUT2D eigenvalue weighted by Crippen LogP contribution is -2.38. The minimum absolute atomic E-state index is 0.138. The topological polar surface area (TPSA) is 164 Å². The highest BCUT2D eigenvalue weighted by Gasteiger charge is 2.35. The Kier molecular flexibility index (Phi) is 10.5. The molecule has 1 aliphatic heterocycles. The fourth-order valence-electron chi connectivity index (χ4n) is 8.49. The van der Waals surface area contributed by atoms with Gasteiger partial charge in [-0.25, -0.2) is 9.13 Å². The molecule has 6 aromatic carbocycles. The smallest absolute Gasteiger partial charge is 0.307 e. The highest BCUT2D eigenvalue weighted by molar-refractivity contribution is 6.23. The summed E-state index contributed by atoms with van der Waals surface area (Å²) in [6.45, 7) is 0.551. The molecule has 0 unspecified atom stereocenters. The van der Waals surface area contributed by atoms with Crippen molar-refractivity contribution in [2.24, 2.45) is 0 Å². The average molecular weight is 790 g/mol. The number of rotatable bonds is 15. The molecule has 0 bridgehead atoms. The Labute approximate surface area is 338 Å². The number of fused-ring (bicyclic) bond motifs is 12. The van der Waals surface area contributed by atoms with E-state index in [2.05, 4.69) is 0 Å². The number of carbonyl (C=O) groups is 4. The molecule has 1 aromatic heterocycles. The van der Waals surface area contributed by atoms with E-state index < -0.39 is 23.9 Å². The van der Waals surface area contributed by atoms with Crippen molar-refractivity contribution in [1.29, 1.82) is 0 Å². The zero-order valence-corrected chi connectivity index (χ0v) is 32.0. The molecular formula is C47H41N4O8+. The molecule has 0 fully saturated rings. The van der Waals surface area contributed by atoms with Crippen molar-refractivity contribution in [3.05, 3.63) is 133 Å². The van der Waals surface area contributed by atoms with E-state index in [9.17, 15) is 39.6 Å². The number of nitrogens with zero attached hydrogens (tertiary/aromatic N) is 4. The highest BCUT2D eigenvalue weighted by atomic mass is 16.4. The average Bonchev–Trinajstić information content (AvgIpc) is 3.72. The summed E-state index contributed by atoms with van der Waals surface area (Å²) < 4.78 is 3.90. The maximum atomic E-state index is 12.0. The van der Waals surface area contributed by atoms with Crippen LogP contribution in [-0.4, -0.2) is 62.0 Å². The van der Waals surface area contributed by atoms with Gasteiger partial charge in [0, 0.05) is 40.7 Å². The molecule has 0 amide bonds. The number of hydrogen-bond acceptors (Lipinski definition) is 6. The molecule has 1 aliphatic rings. The van der Waals surface area contributed by atoms with Gasteiger partial charge in [0.2, 0.25) is 0 Å². The summed E-state index contributed by atoms with van der Waals surface area (Å²) in [6.07, 6.45) is 8.47. The number of aliphatic carboxylic acids is 4. The van der Waals surface area contributed by atoms with E-state index in [0.717, 1.165) is 65.5 Å². The molecule has 0 atom stereocenters. The first kappa shape index (κ1) is 38.4. The van der Waals surface area contributed by atoms with Crippen molar-refractivity contribution in [2.45, 2.75) is 38.8 Å². The predicted molar refractivity (Wildman–Crippen MR) is 229 cm³/mol. The Morgan fingerprint density at radius 1 is 0.492 bits per heavy atom. The van der Waals surface area contributed by atoms with Crippen LogP contribution < -0.4 is 14.4 Å². The van der Waals surface area contributed by atoms with Crippen LogP contribution in [0.1, 0.15) is 31.5 Å². The molecule has 12 nitrogen and oxygen atoms in total. The molecule has 2 heterocycles. The van der Waals surface area contributed by atoms with Crippen molar-refractivity contribution in [1.82, 2.24) is 4.57 Å². The quantitative estimate of drug-likeness (QED) is 0.0453. The van der Waals surface area contributed by atoms with Crippen LogP contribution in [0.3, 0.4) is 0 Å². The van der Waals surface area contributed by atoms with Crippen molar-refractivity contribution < 1.29 is 44.2 Å². The minimum atomic E-state index is -0.964. The fourth-order valence-corrected chi connectivity index (χ4v) is 8.49. The Morgan fingerprint density at radius 3 is 1.42 bits per heavy atom. The van der Waals surface area contributed by atoms with Gasteiger partial charge in [-0.1, -0.05) is 103 Å². The van der Waals surface area contributed by atoms with Gasteiger partial charge in [-0.2, -0.15) is 0 Å². The second-order valence-corrected chi connectivity index (χ2v) is 14.4. The van der Waals surface area contributed by atoms with Gasteiger partial charge in [0.05, 0.1) is 37.1 Å². The van der Waals surface area contributed by atoms with E-state index in [-0.39, 0.29) is 51.9 Å². The maximum Gasteiger partial charge on any atom is 0.307 e. The van der Waals surface area contributed by atoms with Crippen LogP contribution in [0.25, 0.3) is 60.2 Å². The monoisotopic (exact) mass is 789 g/mol. The third kappa shape index (κ3) is 7.20. The molecule has 0 aliphatic carbocycles. The number of hydrogen-bond donors (Lipinski definition) is 4. The molecule has 59 heavy (non-hydrogen) atoms. The molecule has 0 radical (unpaired) electrons. The summed E-state index contributed by atoms with van der Waals surface area (Å²) in [5, 5.41) is 46.9. The molecule has 0 saturated carbocycles. The van der Waals surface area contributed by atoms with Crippen molar-refractivity contribution in [3.63, 3.8) is 0 Å². The number of anilines is 2. The largest absolute Gasteiger partial charge is 0.481 e. The second kappa shape index (κ2) is 16.2. The van der Waals surface area contributed by atoms with Gasteiger partial charge in [-0.15, -0.1) is 0 Å². The molecule has 296 valence electrons. The number of allylic oxidation sites excluding steroid dienone is 4. The van der Waals surface area contributed by atoms with Crippen LogP contribution >= 0.6 is 0 Å². The van der Waals surface area contributed by atoms with Crippen molar-refractivity contribution in [3.8, 4) is 0 Å². The van der Waals surface area contributed by atoms with E-state index in [4.69, 9.17) is 0 Å². The van der Waals surface area contributed by atoms with Crippen LogP contribution in [0, 0.1) is 0 Å². The Balaban J connectivity index is 1.29. The molecule has 0 spiro atoms. The zero-order valence-electron chi connectivity index (χ0n) is 32.0. The first-order chi connectivity index (χ1) is 28.6. The summed E-state index contributed by atoms with van der Waals surface area (Å²) in [5.41, 5.74) is 3.23. The highest BCUT2D eigenvalue weighted by Crippen LogP contribution is 2.51. The van der Waals surface area contributed by atoms with Crippen LogP contribution in [-0.2, 0) is 32.3 Å². The molecule has 7 aromatic rings. The van der Waals surface area contributed by atoms with Gasteiger partial charge in [-0.3, -0.25) is 19.2 Å². The van der Waals surface area contributed by atoms with Crippen LogP contribution in [0.5, 0.6) is 0 Å². The SMILES string of the molecule is O=C(O)CCN1C(=C/C=C/C=C/c2n(CCC(=O)O)c3c4ccccc4c4ccccc4c3[n+]2CCC(=O)O)N(CCC(=O)O)c2c1c1ccccc1c1ccccc21. The van der Waals surface area contributed by atoms with E-state index in [1.54, 1.807) is 18.2 Å². The summed E-state index contributed by atoms with van der Waals surface area (Å²) in [4.78, 5) is 51.8. The van der Waals surface area contributed by atoms with Crippen LogP contribution in [0.4, 0.5) is 11.4 Å². The van der Waals surface area contributed by atoms with Gasteiger partial charge >= 0.3 is 23.9 Å². The van der Waals surface area contributed by atoms with E-state index in [0.29, 0.717) is 11.6 Å². The van der Waals surface area contributed by atoms with E-state index in [1.165, 1.54) is 0 Å². The standard InChI is InChI=1S/C47H40N4O8/c52-40(53)22-26-48-38(49(27-23-41(54)55)45-35-17-9-5-13-31(35)30-12-4-8-16-34(30)44(45)48)20-2-1-3-21-39-50(28-24-42(56)57)46-36-18-10-6-14-32(36)33-15-7-11-19-37(33)47(46)51(39)29-25-43(58)59/h1-21H,22-29H2,(H3-,52,53,54,55,56,57,58,59)/p+1. The number of carboxylic acids is 4. The van der Waals surface area contributed by atoms with Crippen LogP contribution in [0.2, 0.25) is 0 Å². The summed E-state index contributed by atoms with van der Waals surface area (Å²) in [7, 11) is 0. The number of imidazole rings is 1. The molecular weight excluding hydrogens is 749 g/mol. The molecule has 8 rings (SSSR count). The second-order valence-electron chi connectivity index (χ2n) is 14.4. The van der Waals surface area contributed by atoms with Crippen molar-refractivity contribution >= 4 is 95.5 Å². The van der Waals surface area contributed by atoms with Gasteiger partial charge in [0.15, 0.2) is 11.0 Å². The lowest BCUT2D eigenvalue weighted by molar-refractivity contribution is -0.672. The first-order valence-corrected chi connectivity index (χ1v) is 19.4. The van der Waals surface area contributed by atoms with Crippen LogP contribution in [0.15, 0.2) is 127 Å². The minimum Gasteiger partial charge on any atom is -0.481 e.